The molecule has 0 atom stereocenters. The zero-order valence-corrected chi connectivity index (χ0v) is 17.2. The molecule has 3 aromatic rings. The molecule has 0 unspecified atom stereocenters. The number of anilines is 3. The van der Waals surface area contributed by atoms with E-state index in [9.17, 15) is 9.59 Å². The minimum atomic E-state index is -0.284. The number of hydrogen-bond donors (Lipinski definition) is 3. The third-order valence-electron chi connectivity index (χ3n) is 5.39. The quantitative estimate of drug-likeness (QED) is 0.588. The molecule has 0 saturated heterocycles. The lowest BCUT2D eigenvalue weighted by Gasteiger charge is -2.21. The Bertz CT molecular complexity index is 1200. The normalized spacial score (nSPS) is 14.1. The lowest BCUT2D eigenvalue weighted by molar-refractivity contribution is -0.117. The van der Waals surface area contributed by atoms with Crippen LogP contribution in [0.2, 0.25) is 0 Å². The van der Waals surface area contributed by atoms with Crippen molar-refractivity contribution in [3.8, 4) is 17.0 Å². The van der Waals surface area contributed by atoms with Crippen molar-refractivity contribution in [2.24, 2.45) is 13.0 Å². The summed E-state index contributed by atoms with van der Waals surface area (Å²) in [5.41, 5.74) is 4.36. The molecule has 31 heavy (non-hydrogen) atoms. The van der Waals surface area contributed by atoms with E-state index in [1.54, 1.807) is 17.8 Å². The van der Waals surface area contributed by atoms with E-state index in [0.29, 0.717) is 35.1 Å². The van der Waals surface area contributed by atoms with Gasteiger partial charge in [-0.25, -0.2) is 4.98 Å². The second-order valence-corrected chi connectivity index (χ2v) is 7.73. The Morgan fingerprint density at radius 1 is 1.23 bits per heavy atom. The predicted octanol–water partition coefficient (Wildman–Crippen LogP) is 2.83. The SMILES string of the molecule is CNC(=O)c1cnc(NC(=O)C2CC2)cc1Nc1cccc2c1OCc1cn(C)nc1-2. The largest absolute Gasteiger partial charge is 0.486 e. The van der Waals surface area contributed by atoms with Gasteiger partial charge in [0.25, 0.3) is 5.91 Å². The van der Waals surface area contributed by atoms with Crippen LogP contribution in [0.1, 0.15) is 28.8 Å². The van der Waals surface area contributed by atoms with Crippen molar-refractivity contribution in [3.63, 3.8) is 0 Å². The van der Waals surface area contributed by atoms with Gasteiger partial charge in [-0.1, -0.05) is 6.07 Å². The molecule has 9 nitrogen and oxygen atoms in total. The van der Waals surface area contributed by atoms with Gasteiger partial charge in [-0.3, -0.25) is 14.3 Å². The van der Waals surface area contributed by atoms with E-state index in [2.05, 4.69) is 26.0 Å². The van der Waals surface area contributed by atoms with Gasteiger partial charge in [-0.15, -0.1) is 0 Å². The lowest BCUT2D eigenvalue weighted by atomic mass is 10.0. The molecule has 3 N–H and O–H groups in total. The summed E-state index contributed by atoms with van der Waals surface area (Å²) >= 11 is 0. The van der Waals surface area contributed by atoms with E-state index in [4.69, 9.17) is 4.74 Å². The molecule has 0 radical (unpaired) electrons. The van der Waals surface area contributed by atoms with Crippen molar-refractivity contribution in [2.75, 3.05) is 17.7 Å². The Labute approximate surface area is 178 Å². The number of nitrogens with one attached hydrogen (secondary N) is 3. The molecule has 1 saturated carbocycles. The van der Waals surface area contributed by atoms with Crippen LogP contribution < -0.4 is 20.7 Å². The number of pyridine rings is 1. The smallest absolute Gasteiger partial charge is 0.254 e. The first-order valence-corrected chi connectivity index (χ1v) is 10.1. The van der Waals surface area contributed by atoms with Crippen molar-refractivity contribution in [2.45, 2.75) is 19.4 Å². The minimum absolute atomic E-state index is 0.0470. The molecule has 158 valence electrons. The summed E-state index contributed by atoms with van der Waals surface area (Å²) in [5.74, 6) is 0.780. The number of nitrogens with zero attached hydrogens (tertiary/aromatic N) is 3. The second kappa shape index (κ2) is 7.42. The van der Waals surface area contributed by atoms with E-state index in [-0.39, 0.29) is 17.7 Å². The highest BCUT2D eigenvalue weighted by atomic mass is 16.5. The highest BCUT2D eigenvalue weighted by Crippen LogP contribution is 2.42. The van der Waals surface area contributed by atoms with Gasteiger partial charge in [0.15, 0.2) is 5.75 Å². The number of carbonyl (C=O) groups is 2. The summed E-state index contributed by atoms with van der Waals surface area (Å²) in [5, 5.41) is 13.3. The maximum absolute atomic E-state index is 12.4. The average Bonchev–Trinajstić information content (AvgIpc) is 3.54. The van der Waals surface area contributed by atoms with Gasteiger partial charge in [0.05, 0.1) is 16.9 Å². The third-order valence-corrected chi connectivity index (χ3v) is 5.39. The number of aryl methyl sites for hydroxylation is 1. The van der Waals surface area contributed by atoms with Crippen LogP contribution in [-0.2, 0) is 18.4 Å². The first-order chi connectivity index (χ1) is 15.0. The second-order valence-electron chi connectivity index (χ2n) is 7.73. The fourth-order valence-corrected chi connectivity index (χ4v) is 3.66. The number of hydrogen-bond acceptors (Lipinski definition) is 6. The zero-order valence-electron chi connectivity index (χ0n) is 17.2. The Balaban J connectivity index is 1.52. The molecular weight excluding hydrogens is 396 g/mol. The van der Waals surface area contributed by atoms with E-state index in [1.165, 1.54) is 6.20 Å². The van der Waals surface area contributed by atoms with Crippen LogP contribution in [0.4, 0.5) is 17.2 Å². The van der Waals surface area contributed by atoms with E-state index < -0.39 is 0 Å². The summed E-state index contributed by atoms with van der Waals surface area (Å²) in [7, 11) is 3.44. The average molecular weight is 418 g/mol. The Kier molecular flexibility index (Phi) is 4.58. The standard InChI is InChI=1S/C22H22N6O3/c1-23-22(30)15-9-24-18(26-21(29)12-6-7-12)8-17(15)25-16-5-3-4-14-19-13(10-28(2)27-19)11-31-20(14)16/h3-5,8-10,12H,6-7,11H2,1-2H3,(H,23,30)(H2,24,25,26,29). The van der Waals surface area contributed by atoms with Gasteiger partial charge in [-0.05, 0) is 25.0 Å². The molecule has 1 aliphatic carbocycles. The Hall–Kier alpha value is -3.88. The minimum Gasteiger partial charge on any atom is -0.486 e. The predicted molar refractivity (Wildman–Crippen MR) is 115 cm³/mol. The van der Waals surface area contributed by atoms with E-state index in [1.807, 2.05) is 31.4 Å². The number of amides is 2. The monoisotopic (exact) mass is 418 g/mol. The summed E-state index contributed by atoms with van der Waals surface area (Å²) in [6.45, 7) is 0.413. The molecule has 0 spiro atoms. The van der Waals surface area contributed by atoms with Gasteiger partial charge < -0.3 is 20.7 Å². The van der Waals surface area contributed by atoms with Gasteiger partial charge in [0.1, 0.15) is 18.1 Å². The molecule has 2 aliphatic rings. The molecule has 2 aromatic heterocycles. The van der Waals surface area contributed by atoms with Crippen LogP contribution in [0.3, 0.4) is 0 Å². The number of ether oxygens (including phenoxy) is 1. The highest BCUT2D eigenvalue weighted by molar-refractivity contribution is 6.01. The summed E-state index contributed by atoms with van der Waals surface area (Å²) in [6.07, 6.45) is 5.20. The third kappa shape index (κ3) is 3.58. The van der Waals surface area contributed by atoms with Gasteiger partial charge in [0.2, 0.25) is 5.91 Å². The number of rotatable bonds is 5. The summed E-state index contributed by atoms with van der Waals surface area (Å²) < 4.78 is 7.79. The Morgan fingerprint density at radius 2 is 2.06 bits per heavy atom. The van der Waals surface area contributed by atoms with Gasteiger partial charge in [0, 0.05) is 49.6 Å². The van der Waals surface area contributed by atoms with Gasteiger partial charge >= 0.3 is 0 Å². The molecule has 5 rings (SSSR count). The number of aromatic nitrogens is 3. The van der Waals surface area contributed by atoms with Crippen molar-refractivity contribution in [3.05, 3.63) is 47.8 Å². The lowest BCUT2D eigenvalue weighted by Crippen LogP contribution is -2.20. The number of benzene rings is 1. The molecule has 9 heteroatoms. The van der Waals surface area contributed by atoms with Crippen LogP contribution >= 0.6 is 0 Å². The molecule has 1 aromatic carbocycles. The molecule has 1 aliphatic heterocycles. The van der Waals surface area contributed by atoms with Crippen molar-refractivity contribution >= 4 is 29.0 Å². The molecule has 0 bridgehead atoms. The number of para-hydroxylation sites is 1. The Morgan fingerprint density at radius 3 is 2.84 bits per heavy atom. The van der Waals surface area contributed by atoms with E-state index in [0.717, 1.165) is 29.7 Å². The van der Waals surface area contributed by atoms with Crippen LogP contribution in [0.5, 0.6) is 5.75 Å². The van der Waals surface area contributed by atoms with Crippen LogP contribution in [0.15, 0.2) is 36.7 Å². The van der Waals surface area contributed by atoms with Crippen LogP contribution in [-0.4, -0.2) is 33.6 Å². The van der Waals surface area contributed by atoms with Crippen molar-refractivity contribution in [1.82, 2.24) is 20.1 Å². The van der Waals surface area contributed by atoms with Crippen LogP contribution in [0.25, 0.3) is 11.3 Å². The van der Waals surface area contributed by atoms with E-state index >= 15 is 0 Å². The molecule has 2 amide bonds. The topological polar surface area (TPSA) is 110 Å². The number of carbonyl (C=O) groups excluding carboxylic acids is 2. The zero-order chi connectivity index (χ0) is 21.5. The van der Waals surface area contributed by atoms with Gasteiger partial charge in [-0.2, -0.15) is 5.10 Å². The summed E-state index contributed by atoms with van der Waals surface area (Å²) in [4.78, 5) is 28.8. The molecule has 3 heterocycles. The van der Waals surface area contributed by atoms with Crippen molar-refractivity contribution < 1.29 is 14.3 Å². The maximum atomic E-state index is 12.4. The summed E-state index contributed by atoms with van der Waals surface area (Å²) in [6, 6.07) is 7.41. The maximum Gasteiger partial charge on any atom is 0.254 e. The fraction of sp³-hybridized carbons (Fsp3) is 0.273. The molecule has 1 fully saturated rings. The first-order valence-electron chi connectivity index (χ1n) is 10.1. The highest BCUT2D eigenvalue weighted by Gasteiger charge is 2.30. The fourth-order valence-electron chi connectivity index (χ4n) is 3.66. The van der Waals surface area contributed by atoms with Crippen molar-refractivity contribution in [1.29, 1.82) is 0 Å². The molecular formula is C22H22N6O3. The number of fused-ring (bicyclic) bond motifs is 3. The first kappa shape index (κ1) is 19.1. The van der Waals surface area contributed by atoms with Crippen LogP contribution in [0, 0.1) is 5.92 Å².